The van der Waals surface area contributed by atoms with Crippen LogP contribution in [0.1, 0.15) is 11.4 Å². The van der Waals surface area contributed by atoms with E-state index in [-0.39, 0.29) is 11.7 Å². The van der Waals surface area contributed by atoms with Crippen molar-refractivity contribution in [1.82, 2.24) is 14.8 Å². The van der Waals surface area contributed by atoms with Crippen molar-refractivity contribution in [3.63, 3.8) is 0 Å². The van der Waals surface area contributed by atoms with Crippen LogP contribution in [0, 0.1) is 12.7 Å². The molecular weight excluding hydrogens is 217 g/mol. The minimum Gasteiger partial charge on any atom is -0.284 e. The summed E-state index contributed by atoms with van der Waals surface area (Å²) in [6, 6.07) is 4.57. The van der Waals surface area contributed by atoms with Crippen LogP contribution in [0.25, 0.3) is 5.69 Å². The maximum Gasteiger partial charge on any atom is 0.152 e. The zero-order chi connectivity index (χ0) is 10.8. The summed E-state index contributed by atoms with van der Waals surface area (Å²) in [5.41, 5.74) is 1.67. The topological polar surface area (TPSA) is 30.7 Å². The maximum atomic E-state index is 13.1. The molecule has 0 spiro atoms. The van der Waals surface area contributed by atoms with Crippen molar-refractivity contribution in [1.29, 1.82) is 0 Å². The number of benzene rings is 1. The molecule has 0 aliphatic carbocycles. The lowest BCUT2D eigenvalue weighted by Crippen LogP contribution is -2.00. The lowest BCUT2D eigenvalue weighted by Gasteiger charge is -2.08. The van der Waals surface area contributed by atoms with E-state index in [0.29, 0.717) is 5.82 Å². The third-order valence-electron chi connectivity index (χ3n) is 2.17. The van der Waals surface area contributed by atoms with Gasteiger partial charge >= 0.3 is 0 Å². The average Bonchev–Trinajstić information content (AvgIpc) is 2.69. The van der Waals surface area contributed by atoms with Crippen molar-refractivity contribution in [3.8, 4) is 5.69 Å². The summed E-state index contributed by atoms with van der Waals surface area (Å²) >= 11 is 5.70. The van der Waals surface area contributed by atoms with Gasteiger partial charge in [0.2, 0.25) is 0 Å². The lowest BCUT2D eigenvalue weighted by atomic mass is 10.2. The second kappa shape index (κ2) is 3.98. The SMILES string of the molecule is Cc1ccc(F)cc1-n1cnnc1CCl. The Kier molecular flexibility index (Phi) is 2.68. The van der Waals surface area contributed by atoms with Gasteiger partial charge in [0.25, 0.3) is 0 Å². The highest BCUT2D eigenvalue weighted by Crippen LogP contribution is 2.17. The van der Waals surface area contributed by atoms with Crippen molar-refractivity contribution < 1.29 is 4.39 Å². The van der Waals surface area contributed by atoms with E-state index in [9.17, 15) is 4.39 Å². The third-order valence-corrected chi connectivity index (χ3v) is 2.41. The number of alkyl halides is 1. The summed E-state index contributed by atoms with van der Waals surface area (Å²) in [6.07, 6.45) is 1.53. The quantitative estimate of drug-likeness (QED) is 0.735. The zero-order valence-corrected chi connectivity index (χ0v) is 8.87. The van der Waals surface area contributed by atoms with Crippen LogP contribution < -0.4 is 0 Å². The van der Waals surface area contributed by atoms with E-state index < -0.39 is 0 Å². The Morgan fingerprint density at radius 2 is 2.27 bits per heavy atom. The summed E-state index contributed by atoms with van der Waals surface area (Å²) in [7, 11) is 0. The van der Waals surface area contributed by atoms with Crippen LogP contribution >= 0.6 is 11.6 Å². The first kappa shape index (κ1) is 10.1. The molecule has 0 radical (unpaired) electrons. The Morgan fingerprint density at radius 3 is 3.00 bits per heavy atom. The highest BCUT2D eigenvalue weighted by atomic mass is 35.5. The molecule has 1 aromatic carbocycles. The van der Waals surface area contributed by atoms with Crippen LogP contribution in [0.4, 0.5) is 4.39 Å². The van der Waals surface area contributed by atoms with Crippen LogP contribution in [0.3, 0.4) is 0 Å². The molecule has 0 N–H and O–H groups in total. The molecule has 0 unspecified atom stereocenters. The van der Waals surface area contributed by atoms with Gasteiger partial charge in [-0.15, -0.1) is 21.8 Å². The molecule has 0 amide bonds. The van der Waals surface area contributed by atoms with Gasteiger partial charge in [-0.2, -0.15) is 0 Å². The first-order valence-corrected chi connectivity index (χ1v) is 4.97. The standard InChI is InChI=1S/C10H9ClFN3/c1-7-2-3-8(12)4-9(7)15-6-13-14-10(15)5-11/h2-4,6H,5H2,1H3. The summed E-state index contributed by atoms with van der Waals surface area (Å²) in [4.78, 5) is 0. The minimum absolute atomic E-state index is 0.246. The first-order chi connectivity index (χ1) is 7.22. The Morgan fingerprint density at radius 1 is 1.47 bits per heavy atom. The van der Waals surface area contributed by atoms with E-state index in [1.54, 1.807) is 10.6 Å². The fourth-order valence-corrected chi connectivity index (χ4v) is 1.58. The molecule has 1 heterocycles. The minimum atomic E-state index is -0.287. The molecule has 3 nitrogen and oxygen atoms in total. The predicted molar refractivity (Wildman–Crippen MR) is 55.6 cm³/mol. The van der Waals surface area contributed by atoms with Crippen LogP contribution in [0.15, 0.2) is 24.5 Å². The molecule has 0 aliphatic heterocycles. The van der Waals surface area contributed by atoms with E-state index in [1.165, 1.54) is 18.5 Å². The van der Waals surface area contributed by atoms with E-state index in [2.05, 4.69) is 10.2 Å². The van der Waals surface area contributed by atoms with Gasteiger partial charge < -0.3 is 0 Å². The monoisotopic (exact) mass is 225 g/mol. The van der Waals surface area contributed by atoms with Gasteiger partial charge in [0, 0.05) is 0 Å². The fourth-order valence-electron chi connectivity index (χ4n) is 1.39. The number of hydrogen-bond acceptors (Lipinski definition) is 2. The number of rotatable bonds is 2. The molecule has 15 heavy (non-hydrogen) atoms. The molecular formula is C10H9ClFN3. The van der Waals surface area contributed by atoms with Crippen LogP contribution in [0.2, 0.25) is 0 Å². The summed E-state index contributed by atoms with van der Waals surface area (Å²) in [6.45, 7) is 1.90. The van der Waals surface area contributed by atoms with Crippen LogP contribution in [-0.2, 0) is 5.88 Å². The van der Waals surface area contributed by atoms with Gasteiger partial charge in [-0.3, -0.25) is 4.57 Å². The van der Waals surface area contributed by atoms with Gasteiger partial charge in [-0.05, 0) is 24.6 Å². The maximum absolute atomic E-state index is 13.1. The van der Waals surface area contributed by atoms with E-state index in [1.807, 2.05) is 6.92 Å². The number of nitrogens with zero attached hydrogens (tertiary/aromatic N) is 3. The number of halogens is 2. The predicted octanol–water partition coefficient (Wildman–Crippen LogP) is 2.45. The Balaban J connectivity index is 2.58. The molecule has 2 rings (SSSR count). The molecule has 0 saturated heterocycles. The number of aryl methyl sites for hydroxylation is 1. The summed E-state index contributed by atoms with van der Waals surface area (Å²) < 4.78 is 14.8. The molecule has 5 heteroatoms. The van der Waals surface area contributed by atoms with Crippen molar-refractivity contribution >= 4 is 11.6 Å². The van der Waals surface area contributed by atoms with Crippen molar-refractivity contribution in [2.45, 2.75) is 12.8 Å². The number of aromatic nitrogens is 3. The summed E-state index contributed by atoms with van der Waals surface area (Å²) in [5.74, 6) is 0.561. The number of hydrogen-bond donors (Lipinski definition) is 0. The molecule has 0 fully saturated rings. The van der Waals surface area contributed by atoms with Gasteiger partial charge in [0.15, 0.2) is 5.82 Å². The Bertz CT molecular complexity index is 481. The van der Waals surface area contributed by atoms with Crippen molar-refractivity contribution in [2.24, 2.45) is 0 Å². The third kappa shape index (κ3) is 1.85. The molecule has 0 atom stereocenters. The molecule has 0 aliphatic rings. The van der Waals surface area contributed by atoms with Gasteiger partial charge in [-0.1, -0.05) is 6.07 Å². The van der Waals surface area contributed by atoms with Gasteiger partial charge in [-0.25, -0.2) is 4.39 Å². The lowest BCUT2D eigenvalue weighted by molar-refractivity contribution is 0.625. The molecule has 2 aromatic rings. The van der Waals surface area contributed by atoms with Crippen LogP contribution in [-0.4, -0.2) is 14.8 Å². The highest BCUT2D eigenvalue weighted by Gasteiger charge is 2.08. The normalized spacial score (nSPS) is 10.6. The second-order valence-electron chi connectivity index (χ2n) is 3.18. The fraction of sp³-hybridized carbons (Fsp3) is 0.200. The largest absolute Gasteiger partial charge is 0.284 e. The van der Waals surface area contributed by atoms with E-state index in [0.717, 1.165) is 11.3 Å². The van der Waals surface area contributed by atoms with Gasteiger partial charge in [0.05, 0.1) is 11.6 Å². The van der Waals surface area contributed by atoms with Crippen LogP contribution in [0.5, 0.6) is 0 Å². The Labute approximate surface area is 91.5 Å². The highest BCUT2D eigenvalue weighted by molar-refractivity contribution is 6.16. The van der Waals surface area contributed by atoms with E-state index in [4.69, 9.17) is 11.6 Å². The molecule has 78 valence electrons. The van der Waals surface area contributed by atoms with Crippen molar-refractivity contribution in [3.05, 3.63) is 41.7 Å². The van der Waals surface area contributed by atoms with Crippen molar-refractivity contribution in [2.75, 3.05) is 0 Å². The second-order valence-corrected chi connectivity index (χ2v) is 3.45. The van der Waals surface area contributed by atoms with E-state index >= 15 is 0 Å². The molecule has 0 saturated carbocycles. The summed E-state index contributed by atoms with van der Waals surface area (Å²) in [5, 5.41) is 7.59. The molecule has 0 bridgehead atoms. The first-order valence-electron chi connectivity index (χ1n) is 4.44. The molecule has 1 aromatic heterocycles. The smallest absolute Gasteiger partial charge is 0.152 e. The van der Waals surface area contributed by atoms with Gasteiger partial charge in [0.1, 0.15) is 12.1 Å². The zero-order valence-electron chi connectivity index (χ0n) is 8.11. The Hall–Kier alpha value is -1.42. The average molecular weight is 226 g/mol.